The van der Waals surface area contributed by atoms with Gasteiger partial charge < -0.3 is 16.0 Å². The Hall–Kier alpha value is -1.62. The number of nitrogens with two attached hydrogens (primary N) is 1. The molecule has 3 N–H and O–H groups in total. The van der Waals surface area contributed by atoms with E-state index in [1.807, 2.05) is 29.2 Å². The van der Waals surface area contributed by atoms with E-state index in [9.17, 15) is 4.79 Å². The average molecular weight is 277 g/mol. The number of carbonyl (C=O) groups is 1. The van der Waals surface area contributed by atoms with Gasteiger partial charge in [-0.2, -0.15) is 0 Å². The molecule has 1 aromatic rings. The quantitative estimate of drug-likeness (QED) is 0.815. The monoisotopic (exact) mass is 277 g/mol. The zero-order valence-electron chi connectivity index (χ0n) is 10.9. The summed E-state index contributed by atoms with van der Waals surface area (Å²) < 4.78 is 0. The average Bonchev–Trinajstić information content (AvgIpc) is 2.67. The second-order valence-electron chi connectivity index (χ2n) is 4.74. The molecule has 0 aromatic heterocycles. The number of amides is 1. The topological polar surface area (TPSA) is 58.4 Å². The van der Waals surface area contributed by atoms with Crippen LogP contribution < -0.4 is 11.1 Å². The van der Waals surface area contributed by atoms with Crippen molar-refractivity contribution in [3.8, 4) is 0 Å². The summed E-state index contributed by atoms with van der Waals surface area (Å²) in [7, 11) is 0. The first-order chi connectivity index (χ1) is 9.18. The first-order valence-electron chi connectivity index (χ1n) is 6.63. The molecule has 5 heteroatoms. The molecule has 1 heterocycles. The highest BCUT2D eigenvalue weighted by atomic mass is 32.1. The van der Waals surface area contributed by atoms with Crippen molar-refractivity contribution in [2.45, 2.75) is 25.7 Å². The number of hydrogen-bond donors (Lipinski definition) is 2. The third kappa shape index (κ3) is 3.67. The van der Waals surface area contributed by atoms with Gasteiger partial charge in [-0.3, -0.25) is 4.79 Å². The smallest absolute Gasteiger partial charge is 0.255 e. The normalized spacial score (nSPS) is 15.7. The minimum absolute atomic E-state index is 0.0567. The molecule has 0 spiro atoms. The van der Waals surface area contributed by atoms with Gasteiger partial charge in [-0.05, 0) is 37.2 Å². The molecule has 1 aliphatic rings. The number of anilines is 1. The summed E-state index contributed by atoms with van der Waals surface area (Å²) >= 11 is 4.84. The molecule has 1 saturated heterocycles. The summed E-state index contributed by atoms with van der Waals surface area (Å²) in [5.41, 5.74) is 6.81. The minimum atomic E-state index is 0.0567. The fourth-order valence-electron chi connectivity index (χ4n) is 2.36. The van der Waals surface area contributed by atoms with Gasteiger partial charge in [-0.25, -0.2) is 0 Å². The third-order valence-electron chi connectivity index (χ3n) is 3.31. The van der Waals surface area contributed by atoms with E-state index < -0.39 is 0 Å². The van der Waals surface area contributed by atoms with Crippen molar-refractivity contribution in [3.63, 3.8) is 0 Å². The standard InChI is InChI=1S/C14H19N3OS/c15-14(19)16-12-8-4-3-7-11(12)13(18)17-9-5-1-2-6-10-17/h3-4,7-8H,1-2,5-6,9-10H2,(H3,15,16,19). The van der Waals surface area contributed by atoms with Crippen LogP contribution in [0.5, 0.6) is 0 Å². The fraction of sp³-hybridized carbons (Fsp3) is 0.429. The van der Waals surface area contributed by atoms with Crippen molar-refractivity contribution < 1.29 is 4.79 Å². The maximum atomic E-state index is 12.6. The van der Waals surface area contributed by atoms with Gasteiger partial charge in [0.1, 0.15) is 0 Å². The number of likely N-dealkylation sites (tertiary alicyclic amines) is 1. The van der Waals surface area contributed by atoms with Crippen molar-refractivity contribution >= 4 is 28.9 Å². The van der Waals surface area contributed by atoms with Crippen molar-refractivity contribution in [3.05, 3.63) is 29.8 Å². The minimum Gasteiger partial charge on any atom is -0.376 e. The van der Waals surface area contributed by atoms with E-state index in [2.05, 4.69) is 5.32 Å². The number of rotatable bonds is 2. The van der Waals surface area contributed by atoms with Crippen molar-refractivity contribution in [1.29, 1.82) is 0 Å². The number of thiocarbonyl (C=S) groups is 1. The molecule has 102 valence electrons. The van der Waals surface area contributed by atoms with Crippen LogP contribution in [0, 0.1) is 0 Å². The number of carbonyl (C=O) groups excluding carboxylic acids is 1. The molecular weight excluding hydrogens is 258 g/mol. The lowest BCUT2D eigenvalue weighted by Crippen LogP contribution is -2.33. The predicted octanol–water partition coefficient (Wildman–Crippen LogP) is 2.36. The maximum Gasteiger partial charge on any atom is 0.255 e. The summed E-state index contributed by atoms with van der Waals surface area (Å²) in [6, 6.07) is 7.35. The number of hydrogen-bond acceptors (Lipinski definition) is 2. The van der Waals surface area contributed by atoms with Crippen LogP contribution in [0.4, 0.5) is 5.69 Å². The van der Waals surface area contributed by atoms with Gasteiger partial charge in [0.15, 0.2) is 5.11 Å². The van der Waals surface area contributed by atoms with E-state index in [0.29, 0.717) is 11.3 Å². The number of benzene rings is 1. The molecule has 1 fully saturated rings. The van der Waals surface area contributed by atoms with Crippen molar-refractivity contribution in [2.24, 2.45) is 5.73 Å². The Kier molecular flexibility index (Phi) is 4.74. The summed E-state index contributed by atoms with van der Waals surface area (Å²) in [6.07, 6.45) is 4.57. The van der Waals surface area contributed by atoms with Crippen LogP contribution in [0.25, 0.3) is 0 Å². The van der Waals surface area contributed by atoms with Gasteiger partial charge in [0.2, 0.25) is 0 Å². The van der Waals surface area contributed by atoms with Crippen LogP contribution in [0.3, 0.4) is 0 Å². The highest BCUT2D eigenvalue weighted by molar-refractivity contribution is 7.80. The molecule has 1 aromatic carbocycles. The SMILES string of the molecule is NC(=S)Nc1ccccc1C(=O)N1CCCCCC1. The molecular formula is C14H19N3OS. The van der Waals surface area contributed by atoms with E-state index in [1.165, 1.54) is 12.8 Å². The summed E-state index contributed by atoms with van der Waals surface area (Å²) in [5.74, 6) is 0.0567. The highest BCUT2D eigenvalue weighted by Gasteiger charge is 2.19. The van der Waals surface area contributed by atoms with Crippen molar-refractivity contribution in [2.75, 3.05) is 18.4 Å². The molecule has 1 amide bonds. The Balaban J connectivity index is 2.19. The van der Waals surface area contributed by atoms with Crippen LogP contribution in [-0.4, -0.2) is 29.0 Å². The molecule has 0 saturated carbocycles. The zero-order valence-corrected chi connectivity index (χ0v) is 11.7. The molecule has 0 radical (unpaired) electrons. The highest BCUT2D eigenvalue weighted by Crippen LogP contribution is 2.19. The molecule has 19 heavy (non-hydrogen) atoms. The van der Waals surface area contributed by atoms with Gasteiger partial charge in [0.25, 0.3) is 5.91 Å². The Morgan fingerprint density at radius 3 is 2.42 bits per heavy atom. The van der Waals surface area contributed by atoms with E-state index in [1.54, 1.807) is 0 Å². The molecule has 4 nitrogen and oxygen atoms in total. The van der Waals surface area contributed by atoms with Crippen molar-refractivity contribution in [1.82, 2.24) is 4.90 Å². The molecule has 0 aliphatic carbocycles. The summed E-state index contributed by atoms with van der Waals surface area (Å²) in [4.78, 5) is 14.5. The Morgan fingerprint density at radius 2 is 1.79 bits per heavy atom. The number of nitrogens with one attached hydrogen (secondary N) is 1. The summed E-state index contributed by atoms with van der Waals surface area (Å²) in [6.45, 7) is 1.67. The Labute approximate surface area is 119 Å². The van der Waals surface area contributed by atoms with Gasteiger partial charge >= 0.3 is 0 Å². The van der Waals surface area contributed by atoms with Crippen LogP contribution >= 0.6 is 12.2 Å². The molecule has 2 rings (SSSR count). The number of nitrogens with zero attached hydrogens (tertiary/aromatic N) is 1. The van der Waals surface area contributed by atoms with Crippen LogP contribution in [0.15, 0.2) is 24.3 Å². The first kappa shape index (κ1) is 13.8. The lowest BCUT2D eigenvalue weighted by molar-refractivity contribution is 0.0762. The van der Waals surface area contributed by atoms with Crippen LogP contribution in [0.1, 0.15) is 36.0 Å². The zero-order chi connectivity index (χ0) is 13.7. The van der Waals surface area contributed by atoms with Crippen LogP contribution in [0.2, 0.25) is 0 Å². The second kappa shape index (κ2) is 6.52. The lowest BCUT2D eigenvalue weighted by Gasteiger charge is -2.22. The van der Waals surface area contributed by atoms with Gasteiger partial charge in [-0.15, -0.1) is 0 Å². The molecule has 0 atom stereocenters. The second-order valence-corrected chi connectivity index (χ2v) is 5.18. The van der Waals surface area contributed by atoms with E-state index in [0.717, 1.165) is 25.9 Å². The Bertz CT molecular complexity index is 468. The fourth-order valence-corrected chi connectivity index (χ4v) is 2.47. The van der Waals surface area contributed by atoms with E-state index in [4.69, 9.17) is 18.0 Å². The predicted molar refractivity (Wildman–Crippen MR) is 81.2 cm³/mol. The Morgan fingerprint density at radius 1 is 1.16 bits per heavy atom. The van der Waals surface area contributed by atoms with Crippen LogP contribution in [-0.2, 0) is 0 Å². The molecule has 0 bridgehead atoms. The lowest BCUT2D eigenvalue weighted by atomic mass is 10.1. The largest absolute Gasteiger partial charge is 0.376 e. The number of para-hydroxylation sites is 1. The first-order valence-corrected chi connectivity index (χ1v) is 7.04. The summed E-state index contributed by atoms with van der Waals surface area (Å²) in [5, 5.41) is 3.05. The third-order valence-corrected chi connectivity index (χ3v) is 3.41. The molecule has 0 unspecified atom stereocenters. The van der Waals surface area contributed by atoms with Gasteiger partial charge in [0.05, 0.1) is 11.3 Å². The van der Waals surface area contributed by atoms with E-state index in [-0.39, 0.29) is 11.0 Å². The molecule has 1 aliphatic heterocycles. The van der Waals surface area contributed by atoms with E-state index >= 15 is 0 Å². The van der Waals surface area contributed by atoms with Gasteiger partial charge in [0, 0.05) is 13.1 Å². The maximum absolute atomic E-state index is 12.6. The van der Waals surface area contributed by atoms with Gasteiger partial charge in [-0.1, -0.05) is 25.0 Å².